The van der Waals surface area contributed by atoms with E-state index in [1.807, 2.05) is 64.5 Å². The van der Waals surface area contributed by atoms with E-state index in [-0.39, 0.29) is 43.7 Å². The molecule has 53 heavy (non-hydrogen) atoms. The number of aliphatic hydroxyl groups is 1. The minimum atomic E-state index is -4.17. The number of ether oxygens (including phenoxy) is 5. The van der Waals surface area contributed by atoms with Gasteiger partial charge in [-0.1, -0.05) is 57.0 Å². The molecule has 5 atom stereocenters. The van der Waals surface area contributed by atoms with Crippen LogP contribution in [0, 0.1) is 22.8 Å². The lowest BCUT2D eigenvalue weighted by Crippen LogP contribution is -2.52. The summed E-state index contributed by atoms with van der Waals surface area (Å²) in [5, 5.41) is 26.2. The second kappa shape index (κ2) is 18.3. The average molecular weight is 757 g/mol. The highest BCUT2D eigenvalue weighted by atomic mass is 32.2. The number of guanidine groups is 1. The lowest BCUT2D eigenvalue weighted by atomic mass is 9.86. The van der Waals surface area contributed by atoms with Crippen molar-refractivity contribution in [1.82, 2.24) is 19.8 Å². The van der Waals surface area contributed by atoms with Crippen LogP contribution < -0.4 is 20.1 Å². The topological polar surface area (TPSA) is 184 Å². The van der Waals surface area contributed by atoms with Gasteiger partial charge in [0.05, 0.1) is 36.2 Å². The Bertz CT molecular complexity index is 1700. The molecule has 5 rings (SSSR count). The number of aliphatic hydroxyl groups excluding tert-OH is 1. The Morgan fingerprint density at radius 2 is 1.89 bits per heavy atom. The number of alkyl carbamates (subject to hydrolysis) is 1. The van der Waals surface area contributed by atoms with E-state index in [4.69, 9.17) is 28.9 Å². The zero-order chi connectivity index (χ0) is 38.0. The van der Waals surface area contributed by atoms with Crippen molar-refractivity contribution < 1.29 is 42.0 Å². The number of nitrogens with zero attached hydrogens (tertiary/aromatic N) is 4. The first-order valence-electron chi connectivity index (χ1n) is 18.1. The van der Waals surface area contributed by atoms with Crippen molar-refractivity contribution >= 4 is 22.1 Å². The number of hydrogen-bond acceptors (Lipinski definition) is 11. The number of aliphatic imine (C=N–C) groups is 1. The number of sulfonamides is 1. The van der Waals surface area contributed by atoms with E-state index >= 15 is 0 Å². The van der Waals surface area contributed by atoms with Gasteiger partial charge in [-0.3, -0.25) is 10.3 Å². The number of benzene rings is 2. The molecule has 1 amide bonds. The summed E-state index contributed by atoms with van der Waals surface area (Å²) in [6.07, 6.45) is 3.08. The van der Waals surface area contributed by atoms with Gasteiger partial charge in [-0.25, -0.2) is 13.2 Å². The van der Waals surface area contributed by atoms with Crippen LogP contribution in [0.4, 0.5) is 4.79 Å². The van der Waals surface area contributed by atoms with Crippen LogP contribution in [0.5, 0.6) is 11.5 Å². The second-order valence-corrected chi connectivity index (χ2v) is 16.5. The van der Waals surface area contributed by atoms with E-state index in [0.29, 0.717) is 43.5 Å². The third-order valence-corrected chi connectivity index (χ3v) is 11.5. The summed E-state index contributed by atoms with van der Waals surface area (Å²) in [5.41, 5.74) is 0.356. The Hall–Kier alpha value is -4.14. The molecule has 0 spiro atoms. The molecule has 3 heterocycles. The molecule has 2 fully saturated rings. The molecular weight excluding hydrogens is 705 g/mol. The number of nitrogens with one attached hydrogen (secondary N) is 2. The highest BCUT2D eigenvalue weighted by molar-refractivity contribution is 7.89. The van der Waals surface area contributed by atoms with E-state index in [1.165, 1.54) is 16.4 Å². The van der Waals surface area contributed by atoms with Gasteiger partial charge in [0.15, 0.2) is 24.0 Å². The standard InChI is InChI=1S/C37H52N6O9S/c1-37(2,16-9-6-10-17-39-35(40-24-38)42(3)4)23-43(53(46,47)27-13-14-31-32(20-27)51-25-50-31)21-30(44)29(19-26-11-7-5-8-12-26)41-36(45)52-33-22-49-34-28(33)15-18-48-34/h5,7-8,11-14,20,28-30,33-34,44H,6,9-10,15-19,21-23,25H2,1-4H3,(H,39,40)(H,41,45)/t28-,29-,30+,33-,34+/m0/s1. The van der Waals surface area contributed by atoms with Crippen molar-refractivity contribution in [3.05, 3.63) is 54.1 Å². The van der Waals surface area contributed by atoms with Crippen LogP contribution in [0.2, 0.25) is 0 Å². The molecule has 290 valence electrons. The fourth-order valence-electron chi connectivity index (χ4n) is 6.77. The van der Waals surface area contributed by atoms with Crippen LogP contribution in [0.25, 0.3) is 0 Å². The monoisotopic (exact) mass is 756 g/mol. The third-order valence-electron chi connectivity index (χ3n) is 9.65. The van der Waals surface area contributed by atoms with Crippen molar-refractivity contribution in [3.63, 3.8) is 0 Å². The van der Waals surface area contributed by atoms with Gasteiger partial charge >= 0.3 is 6.09 Å². The quantitative estimate of drug-likeness (QED) is 0.0704. The number of hydrogen-bond donors (Lipinski definition) is 3. The summed E-state index contributed by atoms with van der Waals surface area (Å²) in [7, 11) is -0.551. The SMILES string of the molecule is CN(C)C(=NCCCCCC(C)(C)CN(C[C@@H](O)[C@H](Cc1ccccc1)NC(=O)O[C@H]1CO[C@H]2OCC[C@H]21)S(=O)(=O)c1ccc2c(c1)OCO2)NC#N. The maximum atomic E-state index is 14.4. The maximum Gasteiger partial charge on any atom is 0.407 e. The van der Waals surface area contributed by atoms with E-state index < -0.39 is 46.1 Å². The zero-order valence-electron chi connectivity index (χ0n) is 30.9. The fraction of sp³-hybridized carbons (Fsp3) is 0.595. The zero-order valence-corrected chi connectivity index (χ0v) is 31.7. The number of unbranched alkanes of at least 4 members (excludes halogenated alkanes) is 2. The molecule has 3 aliphatic rings. The number of amides is 1. The summed E-state index contributed by atoms with van der Waals surface area (Å²) in [6, 6.07) is 13.0. The van der Waals surface area contributed by atoms with E-state index in [2.05, 4.69) is 15.6 Å². The molecule has 0 saturated carbocycles. The van der Waals surface area contributed by atoms with Crippen LogP contribution in [0.1, 0.15) is 51.5 Å². The molecule has 0 bridgehead atoms. The first-order valence-corrected chi connectivity index (χ1v) is 19.5. The largest absolute Gasteiger partial charge is 0.454 e. The first-order chi connectivity index (χ1) is 25.4. The van der Waals surface area contributed by atoms with Crippen LogP contribution in [-0.2, 0) is 30.7 Å². The molecule has 16 heteroatoms. The minimum Gasteiger partial charge on any atom is -0.454 e. The van der Waals surface area contributed by atoms with Crippen molar-refractivity contribution in [2.24, 2.45) is 16.3 Å². The van der Waals surface area contributed by atoms with Crippen LogP contribution in [-0.4, -0.2) is 113 Å². The molecule has 2 saturated heterocycles. The number of nitriles is 1. The van der Waals surface area contributed by atoms with Gasteiger partial charge in [0.1, 0.15) is 6.10 Å². The Kier molecular flexibility index (Phi) is 13.8. The third kappa shape index (κ3) is 11.0. The molecule has 3 N–H and O–H groups in total. The highest BCUT2D eigenvalue weighted by Gasteiger charge is 2.44. The molecule has 3 aliphatic heterocycles. The lowest BCUT2D eigenvalue weighted by Gasteiger charge is -2.35. The normalized spacial score (nSPS) is 20.8. The van der Waals surface area contributed by atoms with Crippen LogP contribution in [0.3, 0.4) is 0 Å². The predicted octanol–water partition coefficient (Wildman–Crippen LogP) is 3.44. The Balaban J connectivity index is 1.31. The Morgan fingerprint density at radius 1 is 1.11 bits per heavy atom. The number of carbonyl (C=O) groups excluding carboxylic acids is 1. The molecule has 0 radical (unpaired) electrons. The number of fused-ring (bicyclic) bond motifs is 2. The fourth-order valence-corrected chi connectivity index (χ4v) is 8.43. The molecule has 0 unspecified atom stereocenters. The van der Waals surface area contributed by atoms with Gasteiger partial charge in [-0.2, -0.15) is 9.57 Å². The van der Waals surface area contributed by atoms with Crippen LogP contribution in [0.15, 0.2) is 58.4 Å². The summed E-state index contributed by atoms with van der Waals surface area (Å²) in [4.78, 5) is 19.5. The predicted molar refractivity (Wildman–Crippen MR) is 195 cm³/mol. The molecule has 2 aromatic carbocycles. The molecule has 0 aliphatic carbocycles. The first kappa shape index (κ1) is 40.1. The van der Waals surface area contributed by atoms with Crippen molar-refractivity contribution in [2.75, 3.05) is 53.7 Å². The van der Waals surface area contributed by atoms with E-state index in [0.717, 1.165) is 24.8 Å². The van der Waals surface area contributed by atoms with Crippen molar-refractivity contribution in [1.29, 1.82) is 5.26 Å². The number of carbonyl (C=O) groups is 1. The van der Waals surface area contributed by atoms with Crippen LogP contribution >= 0.6 is 0 Å². The minimum absolute atomic E-state index is 0.00472. The van der Waals surface area contributed by atoms with Gasteiger partial charge in [-0.05, 0) is 48.8 Å². The molecule has 0 aromatic heterocycles. The summed E-state index contributed by atoms with van der Waals surface area (Å²) < 4.78 is 58.0. The second-order valence-electron chi connectivity index (χ2n) is 14.6. The van der Waals surface area contributed by atoms with E-state index in [9.17, 15) is 18.3 Å². The lowest BCUT2D eigenvalue weighted by molar-refractivity contribution is -0.0907. The van der Waals surface area contributed by atoms with Crippen molar-refractivity contribution in [3.8, 4) is 17.7 Å². The summed E-state index contributed by atoms with van der Waals surface area (Å²) in [5.74, 6) is 1.21. The molecule has 2 aromatic rings. The van der Waals surface area contributed by atoms with E-state index in [1.54, 1.807) is 11.0 Å². The highest BCUT2D eigenvalue weighted by Crippen LogP contribution is 2.36. The number of rotatable bonds is 17. The van der Waals surface area contributed by atoms with Crippen molar-refractivity contribution in [2.45, 2.75) is 81.8 Å². The average Bonchev–Trinajstić information content (AvgIpc) is 3.88. The maximum absolute atomic E-state index is 14.4. The Morgan fingerprint density at radius 3 is 2.64 bits per heavy atom. The molecular formula is C37H52N6O9S. The van der Waals surface area contributed by atoms with Gasteiger partial charge in [0.25, 0.3) is 0 Å². The van der Waals surface area contributed by atoms with Gasteiger partial charge in [0.2, 0.25) is 22.8 Å². The summed E-state index contributed by atoms with van der Waals surface area (Å²) >= 11 is 0. The van der Waals surface area contributed by atoms with Gasteiger partial charge in [0, 0.05) is 39.8 Å². The Labute approximate surface area is 312 Å². The molecule has 15 nitrogen and oxygen atoms in total. The summed E-state index contributed by atoms with van der Waals surface area (Å²) in [6.45, 7) is 5.09. The smallest absolute Gasteiger partial charge is 0.407 e. The van der Waals surface area contributed by atoms with Gasteiger partial charge in [-0.15, -0.1) is 0 Å². The van der Waals surface area contributed by atoms with Gasteiger partial charge < -0.3 is 39.0 Å².